The van der Waals surface area contributed by atoms with Crippen molar-refractivity contribution in [3.8, 4) is 69.0 Å². The van der Waals surface area contributed by atoms with Crippen molar-refractivity contribution < 1.29 is 102 Å². The number of hydrogen-bond acceptors (Lipinski definition) is 24. The van der Waals surface area contributed by atoms with E-state index in [4.69, 9.17) is 153 Å². The lowest BCUT2D eigenvalue weighted by Gasteiger charge is -2.14. The first-order valence-corrected chi connectivity index (χ1v) is 33.0. The number of nitrogens with one attached hydrogen (secondary N) is 3. The Bertz CT molecular complexity index is 3610. The van der Waals surface area contributed by atoms with Crippen LogP contribution in [0.2, 0.25) is 0 Å². The van der Waals surface area contributed by atoms with E-state index >= 15 is 0 Å². The maximum absolute atomic E-state index is 8.82. The third-order valence-electron chi connectivity index (χ3n) is 13.9. The average Bonchev–Trinajstić information content (AvgIpc) is 0.873. The zero-order valence-corrected chi connectivity index (χ0v) is 58.9. The predicted molar refractivity (Wildman–Crippen MR) is 415 cm³/mol. The van der Waals surface area contributed by atoms with E-state index in [0.29, 0.717) is 220 Å². The summed E-state index contributed by atoms with van der Waals surface area (Å²) in [5.41, 5.74) is 37.0. The molecule has 0 spiro atoms. The smallest absolute Gasteiger partial charge is 0.290 e. The van der Waals surface area contributed by atoms with E-state index in [-0.39, 0.29) is 69.3 Å². The van der Waals surface area contributed by atoms with Gasteiger partial charge in [-0.05, 0) is 146 Å². The van der Waals surface area contributed by atoms with Crippen LogP contribution in [0.5, 0.6) is 69.0 Å². The zero-order chi connectivity index (χ0) is 78.5. The number of carboxylic acid groups (broad SMARTS) is 3. The molecule has 0 atom stereocenters. The average molecular weight is 1530 g/mol. The molecule has 0 aromatic heterocycles. The van der Waals surface area contributed by atoms with Crippen molar-refractivity contribution in [2.75, 3.05) is 79.3 Å². The van der Waals surface area contributed by atoms with Crippen LogP contribution in [0.1, 0.15) is 86.8 Å². The Morgan fingerprint density at radius 3 is 0.491 bits per heavy atom. The Hall–Kier alpha value is -14.0. The highest BCUT2D eigenvalue weighted by molar-refractivity contribution is 5.98. The number of oxime groups is 3. The van der Waals surface area contributed by atoms with Gasteiger partial charge in [0, 0.05) is 108 Å². The lowest BCUT2D eigenvalue weighted by atomic mass is 10.2. The fraction of sp³-hybridized carbons (Fsp3) is 0.260. The SMILES string of the molecule is C.C.N=C(N)c1ccc(OCCCOc2cc(OCCCOc3ccc(C(=N)N)cc3)cc(OCCCOc3ccc(C(=N)N)cc3)c2)cc1.NC(=NO)c1ccc(OCCCOc2cc(OCCCOc3ccc(C(N)=NO)cc3)cc(OCCCOc3ccc(C(N)=NO)cc3)c2)cc1.O=CO.O=CO.O=CO. The van der Waals surface area contributed by atoms with Crippen molar-refractivity contribution in [3.05, 3.63) is 215 Å². The molecule has 33 heteroatoms. The highest BCUT2D eigenvalue weighted by Crippen LogP contribution is 2.31. The maximum Gasteiger partial charge on any atom is 0.290 e. The summed E-state index contributed by atoms with van der Waals surface area (Å²) in [5.74, 6) is 7.72. The van der Waals surface area contributed by atoms with E-state index in [1.807, 2.05) is 18.2 Å². The molecule has 0 fully saturated rings. The monoisotopic (exact) mass is 1530 g/mol. The minimum atomic E-state index is -0.250. The summed E-state index contributed by atoms with van der Waals surface area (Å²) in [6.45, 7) is 4.26. The van der Waals surface area contributed by atoms with Gasteiger partial charge in [0.25, 0.3) is 19.4 Å². The molecule has 0 amide bonds. The lowest BCUT2D eigenvalue weighted by Crippen LogP contribution is -2.12. The summed E-state index contributed by atoms with van der Waals surface area (Å²) in [7, 11) is 0. The van der Waals surface area contributed by atoms with Crippen LogP contribution in [0.3, 0.4) is 0 Å². The quantitative estimate of drug-likeness (QED) is 0.00422. The Morgan fingerprint density at radius 1 is 0.255 bits per heavy atom. The number of rotatable bonds is 42. The molecule has 0 saturated heterocycles. The van der Waals surface area contributed by atoms with Crippen molar-refractivity contribution in [1.29, 1.82) is 16.2 Å². The van der Waals surface area contributed by atoms with Gasteiger partial charge in [0.05, 0.1) is 79.3 Å². The fourth-order valence-corrected chi connectivity index (χ4v) is 8.76. The van der Waals surface area contributed by atoms with Crippen molar-refractivity contribution in [3.63, 3.8) is 0 Å². The molecule has 0 aliphatic carbocycles. The highest BCUT2D eigenvalue weighted by Gasteiger charge is 2.11. The summed E-state index contributed by atoms with van der Waals surface area (Å²) >= 11 is 0. The second kappa shape index (κ2) is 54.6. The van der Waals surface area contributed by atoms with Gasteiger partial charge in [0.1, 0.15) is 86.5 Å². The van der Waals surface area contributed by atoms with E-state index in [9.17, 15) is 0 Å². The van der Waals surface area contributed by atoms with Gasteiger partial charge in [0.15, 0.2) is 17.5 Å². The first-order chi connectivity index (χ1) is 52.4. The van der Waals surface area contributed by atoms with Gasteiger partial charge in [-0.1, -0.05) is 30.3 Å². The van der Waals surface area contributed by atoms with Crippen LogP contribution in [0.25, 0.3) is 0 Å². The Kier molecular flexibility index (Phi) is 45.7. The molecule has 0 bridgehead atoms. The molecule has 8 aromatic carbocycles. The molecule has 592 valence electrons. The second-order valence-corrected chi connectivity index (χ2v) is 21.7. The largest absolute Gasteiger partial charge is 0.493 e. The predicted octanol–water partition coefficient (Wildman–Crippen LogP) is 9.97. The third-order valence-corrected chi connectivity index (χ3v) is 13.9. The Labute approximate surface area is 637 Å². The fourth-order valence-electron chi connectivity index (χ4n) is 8.76. The second-order valence-electron chi connectivity index (χ2n) is 21.7. The molecule has 0 unspecified atom stereocenters. The topological polar surface area (TPSA) is 548 Å². The van der Waals surface area contributed by atoms with Crippen molar-refractivity contribution in [1.82, 2.24) is 0 Å². The van der Waals surface area contributed by atoms with Crippen molar-refractivity contribution in [2.45, 2.75) is 53.4 Å². The molecule has 33 nitrogen and oxygen atoms in total. The summed E-state index contributed by atoms with van der Waals surface area (Å²) in [6.07, 6.45) is 3.76. The molecular weight excluding hydrogens is 1430 g/mol. The van der Waals surface area contributed by atoms with Crippen molar-refractivity contribution >= 4 is 54.4 Å². The minimum Gasteiger partial charge on any atom is -0.493 e. The minimum absolute atomic E-state index is 0. The van der Waals surface area contributed by atoms with E-state index in [1.165, 1.54) is 0 Å². The van der Waals surface area contributed by atoms with E-state index in [1.54, 1.807) is 164 Å². The van der Waals surface area contributed by atoms with E-state index in [2.05, 4.69) is 15.5 Å². The molecule has 0 aliphatic heterocycles. The van der Waals surface area contributed by atoms with E-state index < -0.39 is 0 Å². The summed E-state index contributed by atoms with van der Waals surface area (Å²) in [4.78, 5) is 25.1. The number of nitrogens with two attached hydrogens (primary N) is 6. The van der Waals surface area contributed by atoms with Gasteiger partial charge in [-0.3, -0.25) is 30.6 Å². The van der Waals surface area contributed by atoms with Crippen LogP contribution in [-0.2, 0) is 14.4 Å². The highest BCUT2D eigenvalue weighted by atomic mass is 16.5. The normalized spacial score (nSPS) is 10.4. The van der Waals surface area contributed by atoms with Gasteiger partial charge in [-0.2, -0.15) is 0 Å². The Balaban J connectivity index is 0.000000664. The first kappa shape index (κ1) is 92.1. The molecule has 0 heterocycles. The standard InChI is InChI=1S/C36H42N6O9.C36H42N6O6.3CH2O2.2CH4/c37-34(40-43)25-4-10-28(11-5-25)46-16-1-19-49-31-22-32(50-20-2-17-47-29-12-6-26(7-13-29)35(38)41-44)24-33(23-31)51-21-3-18-48-30-14-8-27(9-15-30)36(39)42-45;37-34(38)25-4-10-28(11-5-25)43-16-1-19-46-31-22-32(47-20-2-17-44-29-12-6-26(7-13-29)35(39)40)24-33(23-31)48-21-3-18-45-30-14-8-27(9-15-30)36(41)42;3*2-1-3;;/h4-15,22-24,43-45H,1-3,16-21H2,(H2,37,40)(H2,38,41)(H2,39,42);4-15,22-24H,1-3,16-21H2,(H3,37,38)(H3,39,40)(H3,41,42);3*1H,(H,2,3);2*1H4. The maximum atomic E-state index is 8.82. The van der Waals surface area contributed by atoms with Gasteiger partial charge in [-0.25, -0.2) is 0 Å². The number of amidine groups is 6. The molecule has 0 radical (unpaired) electrons. The van der Waals surface area contributed by atoms with E-state index in [0.717, 1.165) is 0 Å². The van der Waals surface area contributed by atoms with Crippen LogP contribution in [0.15, 0.2) is 197 Å². The van der Waals surface area contributed by atoms with Crippen LogP contribution in [-0.4, -0.2) is 165 Å². The molecule has 8 rings (SSSR count). The number of ether oxygens (including phenoxy) is 12. The lowest BCUT2D eigenvalue weighted by molar-refractivity contribution is -0.123. The summed E-state index contributed by atoms with van der Waals surface area (Å²) in [5, 5.41) is 78.6. The first-order valence-electron chi connectivity index (χ1n) is 33.0. The Morgan fingerprint density at radius 2 is 0.373 bits per heavy atom. The third kappa shape index (κ3) is 37.1. The van der Waals surface area contributed by atoms with Crippen molar-refractivity contribution in [2.24, 2.45) is 49.9 Å². The van der Waals surface area contributed by atoms with Crippen LogP contribution >= 0.6 is 0 Å². The zero-order valence-electron chi connectivity index (χ0n) is 58.9. The summed E-state index contributed by atoms with van der Waals surface area (Å²) < 4.78 is 70.8. The van der Waals surface area contributed by atoms with Gasteiger partial charge in [0.2, 0.25) is 0 Å². The molecule has 110 heavy (non-hydrogen) atoms. The number of hydrogen-bond donors (Lipinski definition) is 15. The number of benzene rings is 8. The summed E-state index contributed by atoms with van der Waals surface area (Å²) in [6, 6.07) is 52.8. The van der Waals surface area contributed by atoms with Crippen LogP contribution in [0, 0.1) is 16.2 Å². The molecule has 0 aliphatic rings. The number of carbonyl (C=O) groups is 3. The van der Waals surface area contributed by atoms with Gasteiger partial charge in [-0.15, -0.1) is 0 Å². The molecular formula is C77H98N12O21. The molecule has 21 N–H and O–H groups in total. The number of nitrogens with zero attached hydrogens (tertiary/aromatic N) is 3. The number of nitrogen functional groups attached to an aromatic ring is 3. The molecule has 0 saturated carbocycles. The van der Waals surface area contributed by atoms with Crippen LogP contribution in [0.4, 0.5) is 0 Å². The van der Waals surface area contributed by atoms with Crippen LogP contribution < -0.4 is 91.2 Å². The molecule has 8 aromatic rings. The van der Waals surface area contributed by atoms with Gasteiger partial charge < -0.3 is 122 Å². The van der Waals surface area contributed by atoms with Gasteiger partial charge >= 0.3 is 0 Å².